The normalized spacial score (nSPS) is 20.2. The third kappa shape index (κ3) is 3.88. The quantitative estimate of drug-likeness (QED) is 0.640. The Morgan fingerprint density at radius 2 is 1.92 bits per heavy atom. The molecule has 136 valence electrons. The van der Waals surface area contributed by atoms with Crippen molar-refractivity contribution in [2.24, 2.45) is 5.73 Å². The van der Waals surface area contributed by atoms with Crippen LogP contribution in [-0.4, -0.2) is 36.3 Å². The molecule has 1 aliphatic heterocycles. The molecule has 1 heterocycles. The molecule has 0 amide bonds. The minimum Gasteiger partial charge on any atom is -0.326 e. The highest BCUT2D eigenvalue weighted by Crippen LogP contribution is 2.31. The maximum atomic E-state index is 13.1. The molecule has 1 aromatic carbocycles. The van der Waals surface area contributed by atoms with Gasteiger partial charge in [0.25, 0.3) is 5.69 Å². The summed E-state index contributed by atoms with van der Waals surface area (Å²) in [4.78, 5) is 10.6. The molecular formula is C15H24ClN3O4S. The monoisotopic (exact) mass is 377 g/mol. The molecule has 9 heteroatoms. The Hall–Kier alpha value is -1.22. The van der Waals surface area contributed by atoms with E-state index < -0.39 is 14.9 Å². The lowest BCUT2D eigenvalue weighted by Crippen LogP contribution is -2.51. The van der Waals surface area contributed by atoms with Crippen LogP contribution in [0, 0.1) is 24.0 Å². The van der Waals surface area contributed by atoms with Crippen molar-refractivity contribution >= 4 is 28.1 Å². The molecule has 0 radical (unpaired) electrons. The van der Waals surface area contributed by atoms with E-state index in [1.807, 2.05) is 0 Å². The SMILES string of the molecule is Cc1cc(C)c(S(=O)(=O)N2CCCCC2C(C)N)cc1[N+](=O)[O-].Cl. The number of nitrogens with zero attached hydrogens (tertiary/aromatic N) is 2. The molecule has 2 unspecified atom stereocenters. The van der Waals surface area contributed by atoms with Gasteiger partial charge in [0, 0.05) is 30.3 Å². The predicted molar refractivity (Wildman–Crippen MR) is 95.0 cm³/mol. The van der Waals surface area contributed by atoms with Crippen LogP contribution in [-0.2, 0) is 10.0 Å². The third-order valence-corrected chi connectivity index (χ3v) is 6.45. The first-order valence-electron chi connectivity index (χ1n) is 7.69. The Balaban J connectivity index is 0.00000288. The first-order valence-corrected chi connectivity index (χ1v) is 9.13. The molecular weight excluding hydrogens is 354 g/mol. The van der Waals surface area contributed by atoms with Gasteiger partial charge in [-0.2, -0.15) is 4.31 Å². The zero-order valence-electron chi connectivity index (χ0n) is 14.1. The fraction of sp³-hybridized carbons (Fsp3) is 0.600. The third-order valence-electron chi connectivity index (χ3n) is 4.38. The van der Waals surface area contributed by atoms with Crippen LogP contribution in [0.25, 0.3) is 0 Å². The lowest BCUT2D eigenvalue weighted by Gasteiger charge is -2.37. The van der Waals surface area contributed by atoms with Gasteiger partial charge in [-0.3, -0.25) is 10.1 Å². The molecule has 2 N–H and O–H groups in total. The second-order valence-electron chi connectivity index (χ2n) is 6.20. The first-order chi connectivity index (χ1) is 10.7. The van der Waals surface area contributed by atoms with E-state index in [0.717, 1.165) is 12.8 Å². The molecule has 0 aliphatic carbocycles. The smallest absolute Gasteiger partial charge is 0.273 e. The van der Waals surface area contributed by atoms with Gasteiger partial charge in [-0.1, -0.05) is 6.42 Å². The van der Waals surface area contributed by atoms with Gasteiger partial charge in [-0.15, -0.1) is 12.4 Å². The number of nitrogens with two attached hydrogens (primary N) is 1. The molecule has 0 bridgehead atoms. The van der Waals surface area contributed by atoms with Gasteiger partial charge in [-0.25, -0.2) is 8.42 Å². The van der Waals surface area contributed by atoms with Crippen LogP contribution in [0.3, 0.4) is 0 Å². The largest absolute Gasteiger partial charge is 0.326 e. The number of nitro benzene ring substituents is 1. The number of halogens is 1. The lowest BCUT2D eigenvalue weighted by molar-refractivity contribution is -0.385. The Morgan fingerprint density at radius 1 is 1.29 bits per heavy atom. The van der Waals surface area contributed by atoms with Crippen LogP contribution >= 0.6 is 12.4 Å². The molecule has 1 aliphatic rings. The summed E-state index contributed by atoms with van der Waals surface area (Å²) >= 11 is 0. The van der Waals surface area contributed by atoms with E-state index in [2.05, 4.69) is 0 Å². The summed E-state index contributed by atoms with van der Waals surface area (Å²) in [6.45, 7) is 5.46. The van der Waals surface area contributed by atoms with E-state index in [-0.39, 0.29) is 35.1 Å². The highest BCUT2D eigenvalue weighted by atomic mass is 35.5. The number of hydrogen-bond acceptors (Lipinski definition) is 5. The summed E-state index contributed by atoms with van der Waals surface area (Å²) < 4.78 is 27.5. The highest BCUT2D eigenvalue weighted by molar-refractivity contribution is 7.89. The van der Waals surface area contributed by atoms with Crippen LogP contribution in [0.2, 0.25) is 0 Å². The highest BCUT2D eigenvalue weighted by Gasteiger charge is 2.37. The second kappa shape index (κ2) is 7.77. The van der Waals surface area contributed by atoms with Gasteiger partial charge in [0.05, 0.1) is 9.82 Å². The molecule has 1 aromatic rings. The number of aryl methyl sites for hydroxylation is 2. The number of rotatable bonds is 4. The van der Waals surface area contributed by atoms with Crippen LogP contribution in [0.15, 0.2) is 17.0 Å². The summed E-state index contributed by atoms with van der Waals surface area (Å²) in [5, 5.41) is 11.1. The van der Waals surface area contributed by atoms with Crippen molar-refractivity contribution in [3.63, 3.8) is 0 Å². The van der Waals surface area contributed by atoms with Crippen molar-refractivity contribution in [2.75, 3.05) is 6.54 Å². The van der Waals surface area contributed by atoms with Crippen molar-refractivity contribution in [3.05, 3.63) is 33.4 Å². The maximum Gasteiger partial charge on any atom is 0.273 e. The average molecular weight is 378 g/mol. The molecule has 1 fully saturated rings. The summed E-state index contributed by atoms with van der Waals surface area (Å²) in [5.41, 5.74) is 6.75. The Kier molecular flexibility index (Phi) is 6.75. The molecule has 0 aromatic heterocycles. The topological polar surface area (TPSA) is 107 Å². The van der Waals surface area contributed by atoms with Gasteiger partial charge in [0.15, 0.2) is 0 Å². The molecule has 0 spiro atoms. The average Bonchev–Trinajstić information content (AvgIpc) is 2.46. The van der Waals surface area contributed by atoms with Crippen LogP contribution in [0.4, 0.5) is 5.69 Å². The summed E-state index contributed by atoms with van der Waals surface area (Å²) in [6, 6.07) is 2.17. The van der Waals surface area contributed by atoms with E-state index >= 15 is 0 Å². The van der Waals surface area contributed by atoms with Gasteiger partial charge in [-0.05, 0) is 45.2 Å². The first kappa shape index (κ1) is 20.8. The molecule has 1 saturated heterocycles. The van der Waals surface area contributed by atoms with Crippen molar-refractivity contribution in [1.29, 1.82) is 0 Å². The van der Waals surface area contributed by atoms with Gasteiger partial charge >= 0.3 is 0 Å². The van der Waals surface area contributed by atoms with Gasteiger partial charge < -0.3 is 5.73 Å². The van der Waals surface area contributed by atoms with Gasteiger partial charge in [0.1, 0.15) is 0 Å². The van der Waals surface area contributed by atoms with E-state index in [0.29, 0.717) is 24.1 Å². The second-order valence-corrected chi connectivity index (χ2v) is 8.06. The molecule has 2 rings (SSSR count). The fourth-order valence-electron chi connectivity index (χ4n) is 3.18. The fourth-order valence-corrected chi connectivity index (χ4v) is 5.18. The summed E-state index contributed by atoms with van der Waals surface area (Å²) in [6.07, 6.45) is 2.42. The minimum atomic E-state index is -3.81. The van der Waals surface area contributed by atoms with E-state index in [4.69, 9.17) is 5.73 Å². The van der Waals surface area contributed by atoms with Crippen LogP contribution in [0.1, 0.15) is 37.3 Å². The minimum absolute atomic E-state index is 0. The number of piperidine rings is 1. The standard InChI is InChI=1S/C15H23N3O4S.ClH/c1-10-8-11(2)15(9-14(10)18(19)20)23(21,22)17-7-5-4-6-13(17)12(3)16;/h8-9,12-13H,4-7,16H2,1-3H3;1H. The Labute approximate surface area is 148 Å². The van der Waals surface area contributed by atoms with Crippen LogP contribution in [0.5, 0.6) is 0 Å². The lowest BCUT2D eigenvalue weighted by atomic mass is 10.00. The molecule has 2 atom stereocenters. The molecule has 24 heavy (non-hydrogen) atoms. The number of benzene rings is 1. The Bertz CT molecular complexity index is 722. The van der Waals surface area contributed by atoms with Crippen molar-refractivity contribution in [3.8, 4) is 0 Å². The van der Waals surface area contributed by atoms with Gasteiger partial charge in [0.2, 0.25) is 10.0 Å². The zero-order chi connectivity index (χ0) is 17.4. The van der Waals surface area contributed by atoms with Crippen molar-refractivity contribution < 1.29 is 13.3 Å². The summed E-state index contributed by atoms with van der Waals surface area (Å²) in [7, 11) is -3.81. The predicted octanol–water partition coefficient (Wildman–Crippen LogP) is 2.52. The number of hydrogen-bond donors (Lipinski definition) is 1. The molecule has 0 saturated carbocycles. The number of nitro groups is 1. The van der Waals surface area contributed by atoms with Crippen LogP contribution < -0.4 is 5.73 Å². The van der Waals surface area contributed by atoms with Crippen molar-refractivity contribution in [1.82, 2.24) is 4.31 Å². The van der Waals surface area contributed by atoms with E-state index in [1.54, 1.807) is 26.8 Å². The molecule has 7 nitrogen and oxygen atoms in total. The Morgan fingerprint density at radius 3 is 2.46 bits per heavy atom. The maximum absolute atomic E-state index is 13.1. The van der Waals surface area contributed by atoms with Crippen molar-refractivity contribution in [2.45, 2.75) is 57.0 Å². The van der Waals surface area contributed by atoms with E-state index in [1.165, 1.54) is 10.4 Å². The summed E-state index contributed by atoms with van der Waals surface area (Å²) in [5.74, 6) is 0. The number of sulfonamides is 1. The van der Waals surface area contributed by atoms with E-state index in [9.17, 15) is 18.5 Å². The zero-order valence-corrected chi connectivity index (χ0v) is 15.7.